The molecular weight excluding hydrogens is 319 g/mol. The molecule has 1 amide bonds. The summed E-state index contributed by atoms with van der Waals surface area (Å²) < 4.78 is 38.7. The largest absolute Gasteiger partial charge is 0.416 e. The Hall–Kier alpha value is -2.57. The average Bonchev–Trinajstić information content (AvgIpc) is 2.51. The predicted molar refractivity (Wildman–Crippen MR) is 84.7 cm³/mol. The first-order chi connectivity index (χ1) is 11.3. The number of aryl methyl sites for hydroxylation is 1. The molecule has 1 aromatic carbocycles. The molecular formula is C17H17F3N3O. The second-order valence-electron chi connectivity index (χ2n) is 5.26. The van der Waals surface area contributed by atoms with Crippen LogP contribution in [-0.4, -0.2) is 10.9 Å². The van der Waals surface area contributed by atoms with Gasteiger partial charge in [-0.1, -0.05) is 24.3 Å². The van der Waals surface area contributed by atoms with E-state index in [0.717, 1.165) is 11.6 Å². The quantitative estimate of drug-likeness (QED) is 0.882. The molecule has 3 N–H and O–H groups in total. The molecule has 1 heterocycles. The molecule has 0 saturated carbocycles. The van der Waals surface area contributed by atoms with Gasteiger partial charge < -0.3 is 11.1 Å². The SMILES string of the molecule is Cc1nc(N)ccc1CNC(=O)[CH]Cc1ccccc1C(F)(F)F. The summed E-state index contributed by atoms with van der Waals surface area (Å²) in [5.41, 5.74) is 6.37. The Kier molecular flexibility index (Phi) is 5.43. The molecule has 7 heteroatoms. The van der Waals surface area contributed by atoms with Crippen LogP contribution in [0.3, 0.4) is 0 Å². The van der Waals surface area contributed by atoms with Crippen molar-refractivity contribution in [2.45, 2.75) is 26.1 Å². The van der Waals surface area contributed by atoms with Crippen molar-refractivity contribution in [1.82, 2.24) is 10.3 Å². The standard InChI is InChI=1S/C17H17F3N3O/c1-11-13(6-8-15(21)23-11)10-22-16(24)9-7-12-4-2-3-5-14(12)17(18,19)20/h2-6,8-9H,7,10H2,1H3,(H2,21,23)(H,22,24). The van der Waals surface area contributed by atoms with Crippen molar-refractivity contribution in [2.75, 3.05) is 5.73 Å². The van der Waals surface area contributed by atoms with E-state index < -0.39 is 17.6 Å². The van der Waals surface area contributed by atoms with E-state index in [1.807, 2.05) is 0 Å². The van der Waals surface area contributed by atoms with Crippen LogP contribution in [0.5, 0.6) is 0 Å². The number of anilines is 1. The van der Waals surface area contributed by atoms with E-state index in [1.165, 1.54) is 24.6 Å². The van der Waals surface area contributed by atoms with E-state index in [0.29, 0.717) is 11.5 Å². The van der Waals surface area contributed by atoms with Gasteiger partial charge in [-0.15, -0.1) is 0 Å². The van der Waals surface area contributed by atoms with Crippen molar-refractivity contribution < 1.29 is 18.0 Å². The molecule has 0 spiro atoms. The molecule has 24 heavy (non-hydrogen) atoms. The minimum atomic E-state index is -4.44. The van der Waals surface area contributed by atoms with Crippen molar-refractivity contribution in [3.05, 3.63) is 65.2 Å². The summed E-state index contributed by atoms with van der Waals surface area (Å²) in [5.74, 6) is -0.0545. The fraction of sp³-hybridized carbons (Fsp3) is 0.235. The molecule has 1 radical (unpaired) electrons. The van der Waals surface area contributed by atoms with Gasteiger partial charge in [0.1, 0.15) is 5.82 Å². The summed E-state index contributed by atoms with van der Waals surface area (Å²) in [6.45, 7) is 2.00. The van der Waals surface area contributed by atoms with Gasteiger partial charge in [-0.05, 0) is 36.6 Å². The monoisotopic (exact) mass is 336 g/mol. The van der Waals surface area contributed by atoms with Crippen LogP contribution >= 0.6 is 0 Å². The van der Waals surface area contributed by atoms with Crippen LogP contribution in [0.1, 0.15) is 22.4 Å². The van der Waals surface area contributed by atoms with Gasteiger partial charge in [0.15, 0.2) is 0 Å². The number of carbonyl (C=O) groups is 1. The number of nitrogen functional groups attached to an aromatic ring is 1. The number of carbonyl (C=O) groups excluding carboxylic acids is 1. The fourth-order valence-corrected chi connectivity index (χ4v) is 2.23. The molecule has 2 rings (SSSR count). The fourth-order valence-electron chi connectivity index (χ4n) is 2.23. The van der Waals surface area contributed by atoms with Crippen LogP contribution < -0.4 is 11.1 Å². The topological polar surface area (TPSA) is 68.0 Å². The smallest absolute Gasteiger partial charge is 0.384 e. The molecule has 127 valence electrons. The van der Waals surface area contributed by atoms with E-state index in [4.69, 9.17) is 5.73 Å². The minimum absolute atomic E-state index is 0.0606. The lowest BCUT2D eigenvalue weighted by Crippen LogP contribution is -2.24. The Bertz CT molecular complexity index is 729. The molecule has 0 atom stereocenters. The van der Waals surface area contributed by atoms with Gasteiger partial charge in [-0.25, -0.2) is 4.98 Å². The highest BCUT2D eigenvalue weighted by Crippen LogP contribution is 2.32. The van der Waals surface area contributed by atoms with Gasteiger partial charge in [0.05, 0.1) is 12.0 Å². The van der Waals surface area contributed by atoms with Gasteiger partial charge in [-0.2, -0.15) is 13.2 Å². The highest BCUT2D eigenvalue weighted by molar-refractivity contribution is 5.85. The Morgan fingerprint density at radius 1 is 1.21 bits per heavy atom. The van der Waals surface area contributed by atoms with Crippen LogP contribution in [0.4, 0.5) is 19.0 Å². The normalized spacial score (nSPS) is 11.3. The first-order valence-electron chi connectivity index (χ1n) is 7.25. The van der Waals surface area contributed by atoms with Crippen LogP contribution in [0, 0.1) is 13.3 Å². The molecule has 2 aromatic rings. The first kappa shape index (κ1) is 17.8. The molecule has 0 bridgehead atoms. The molecule has 4 nitrogen and oxygen atoms in total. The maximum Gasteiger partial charge on any atom is 0.416 e. The second kappa shape index (κ2) is 7.33. The molecule has 0 aliphatic rings. The number of aromatic nitrogens is 1. The third-order valence-corrected chi connectivity index (χ3v) is 3.50. The first-order valence-corrected chi connectivity index (χ1v) is 7.25. The maximum atomic E-state index is 12.9. The van der Waals surface area contributed by atoms with Gasteiger partial charge in [0.2, 0.25) is 5.91 Å². The van der Waals surface area contributed by atoms with Gasteiger partial charge in [0, 0.05) is 12.2 Å². The zero-order chi connectivity index (χ0) is 17.7. The Balaban J connectivity index is 1.92. The lowest BCUT2D eigenvalue weighted by Gasteiger charge is -2.12. The number of pyridine rings is 1. The number of hydrogen-bond acceptors (Lipinski definition) is 3. The molecule has 0 unspecified atom stereocenters. The lowest BCUT2D eigenvalue weighted by atomic mass is 10.0. The highest BCUT2D eigenvalue weighted by Gasteiger charge is 2.32. The van der Waals surface area contributed by atoms with Crippen LogP contribution in [0.2, 0.25) is 0 Å². The van der Waals surface area contributed by atoms with Crippen molar-refractivity contribution in [3.63, 3.8) is 0 Å². The van der Waals surface area contributed by atoms with Gasteiger partial charge >= 0.3 is 6.18 Å². The zero-order valence-corrected chi connectivity index (χ0v) is 13.0. The lowest BCUT2D eigenvalue weighted by molar-refractivity contribution is -0.138. The minimum Gasteiger partial charge on any atom is -0.384 e. The third kappa shape index (κ3) is 4.71. The summed E-state index contributed by atoms with van der Waals surface area (Å²) in [7, 11) is 0. The zero-order valence-electron chi connectivity index (χ0n) is 13.0. The van der Waals surface area contributed by atoms with E-state index in [9.17, 15) is 18.0 Å². The third-order valence-electron chi connectivity index (χ3n) is 3.50. The summed E-state index contributed by atoms with van der Waals surface area (Å²) in [5, 5.41) is 2.63. The number of nitrogens with zero attached hydrogens (tertiary/aromatic N) is 1. The number of amides is 1. The summed E-state index contributed by atoms with van der Waals surface area (Å²) in [6, 6.07) is 8.57. The maximum absolute atomic E-state index is 12.9. The number of nitrogens with two attached hydrogens (primary N) is 1. The van der Waals surface area contributed by atoms with E-state index >= 15 is 0 Å². The molecule has 1 aromatic heterocycles. The Morgan fingerprint density at radius 2 is 1.92 bits per heavy atom. The molecule has 0 saturated heterocycles. The van der Waals surface area contributed by atoms with E-state index in [2.05, 4.69) is 10.3 Å². The summed E-state index contributed by atoms with van der Waals surface area (Å²) in [6.07, 6.45) is -3.33. The Morgan fingerprint density at radius 3 is 2.58 bits per heavy atom. The molecule has 0 aliphatic heterocycles. The van der Waals surface area contributed by atoms with E-state index in [-0.39, 0.29) is 18.5 Å². The molecule has 0 aliphatic carbocycles. The Labute approximate surface area is 137 Å². The van der Waals surface area contributed by atoms with E-state index in [1.54, 1.807) is 19.1 Å². The van der Waals surface area contributed by atoms with Crippen molar-refractivity contribution in [3.8, 4) is 0 Å². The highest BCUT2D eigenvalue weighted by atomic mass is 19.4. The van der Waals surface area contributed by atoms with Crippen LogP contribution in [0.15, 0.2) is 36.4 Å². The van der Waals surface area contributed by atoms with Crippen molar-refractivity contribution in [2.24, 2.45) is 0 Å². The van der Waals surface area contributed by atoms with Crippen molar-refractivity contribution >= 4 is 11.7 Å². The summed E-state index contributed by atoms with van der Waals surface area (Å²) in [4.78, 5) is 15.9. The van der Waals surface area contributed by atoms with Crippen LogP contribution in [-0.2, 0) is 23.9 Å². The number of benzene rings is 1. The van der Waals surface area contributed by atoms with Crippen LogP contribution in [0.25, 0.3) is 0 Å². The average molecular weight is 336 g/mol. The number of hydrogen-bond donors (Lipinski definition) is 2. The van der Waals surface area contributed by atoms with Crippen molar-refractivity contribution in [1.29, 1.82) is 0 Å². The number of rotatable bonds is 5. The van der Waals surface area contributed by atoms with Gasteiger partial charge in [0.25, 0.3) is 0 Å². The predicted octanol–water partition coefficient (Wildman–Crippen LogP) is 3.05. The number of halogens is 3. The number of nitrogens with one attached hydrogen (secondary N) is 1. The summed E-state index contributed by atoms with van der Waals surface area (Å²) >= 11 is 0. The van der Waals surface area contributed by atoms with Gasteiger partial charge in [-0.3, -0.25) is 4.79 Å². The number of alkyl halides is 3. The molecule has 0 fully saturated rings. The second-order valence-corrected chi connectivity index (χ2v) is 5.26.